The van der Waals surface area contributed by atoms with Gasteiger partial charge in [0.05, 0.1) is 17.6 Å². The molecule has 4 aliphatic rings. The summed E-state index contributed by atoms with van der Waals surface area (Å²) in [6.07, 6.45) is 16.5. The molecule has 6 aromatic carbocycles. The lowest BCUT2D eigenvalue weighted by atomic mass is 9.92. The van der Waals surface area contributed by atoms with Crippen molar-refractivity contribution in [1.29, 1.82) is 0 Å². The second-order valence-electron chi connectivity index (χ2n) is 25.6. The summed E-state index contributed by atoms with van der Waals surface area (Å²) < 4.78 is 5.42. The molecule has 3 aliphatic heterocycles. The van der Waals surface area contributed by atoms with Gasteiger partial charge >= 0.3 is 0 Å². The molecule has 0 saturated carbocycles. The summed E-state index contributed by atoms with van der Waals surface area (Å²) in [6.45, 7) is 41.0. The predicted octanol–water partition coefficient (Wildman–Crippen LogP) is 23.8. The van der Waals surface area contributed by atoms with Crippen LogP contribution in [-0.4, -0.2) is 28.9 Å². The number of rotatable bonds is 0. The number of fused-ring (bicyclic) bond motifs is 6. The van der Waals surface area contributed by atoms with Crippen molar-refractivity contribution in [2.75, 3.05) is 24.2 Å². The third-order valence-electron chi connectivity index (χ3n) is 10.9. The van der Waals surface area contributed by atoms with Crippen LogP contribution in [0, 0.1) is 35.5 Å². The summed E-state index contributed by atoms with van der Waals surface area (Å²) in [4.78, 5) is 9.86. The lowest BCUT2D eigenvalue weighted by Crippen LogP contribution is -2.10. The van der Waals surface area contributed by atoms with E-state index in [2.05, 4.69) is 249 Å². The van der Waals surface area contributed by atoms with Gasteiger partial charge < -0.3 is 10.1 Å². The van der Waals surface area contributed by atoms with Crippen molar-refractivity contribution < 1.29 is 4.74 Å². The van der Waals surface area contributed by atoms with E-state index in [1.807, 2.05) is 84.8 Å². The highest BCUT2D eigenvalue weighted by atomic mass is 32.2. The van der Waals surface area contributed by atoms with Gasteiger partial charge in [0.15, 0.2) is 0 Å². The summed E-state index contributed by atoms with van der Waals surface area (Å²) in [7, 11) is 0. The molecule has 2 aromatic heterocycles. The number of hydrogen-bond acceptors (Lipinski definition) is 5. The molecule has 0 atom stereocenters. The zero-order chi connectivity index (χ0) is 62.3. The number of hydrogen-bond donors (Lipinski definition) is 1. The number of para-hydroxylation sites is 4. The van der Waals surface area contributed by atoms with E-state index in [0.29, 0.717) is 0 Å². The van der Waals surface area contributed by atoms with Gasteiger partial charge in [-0.25, -0.2) is 0 Å². The first-order chi connectivity index (χ1) is 40.2. The van der Waals surface area contributed by atoms with E-state index in [9.17, 15) is 0 Å². The largest absolute Gasteiger partial charge is 0.493 e. The molecule has 0 bridgehead atoms. The molecule has 4 nitrogen and oxygen atoms in total. The Hall–Kier alpha value is -5.91. The van der Waals surface area contributed by atoms with E-state index in [1.54, 1.807) is 16.7 Å². The maximum atomic E-state index is 5.42. The summed E-state index contributed by atoms with van der Waals surface area (Å²) in [6, 6.07) is 58.5. The van der Waals surface area contributed by atoms with E-state index in [-0.39, 0.29) is 0 Å². The molecule has 8 aromatic rings. The van der Waals surface area contributed by atoms with E-state index in [0.717, 1.165) is 71.9 Å². The molecule has 460 valence electrons. The predicted molar refractivity (Wildman–Crippen MR) is 379 cm³/mol. The third-order valence-corrected chi connectivity index (χ3v) is 12.1. The lowest BCUT2D eigenvalue weighted by Gasteiger charge is -2.16. The van der Waals surface area contributed by atoms with Gasteiger partial charge in [-0.2, -0.15) is 0 Å². The highest BCUT2D eigenvalue weighted by molar-refractivity contribution is 7.99. The number of ether oxygens (including phenoxy) is 1. The van der Waals surface area contributed by atoms with E-state index in [4.69, 9.17) is 4.74 Å². The molecule has 12 rings (SSSR count). The molecule has 5 heterocycles. The molecule has 0 amide bonds. The van der Waals surface area contributed by atoms with Crippen LogP contribution in [0.25, 0.3) is 21.8 Å². The number of benzene rings is 6. The highest BCUT2D eigenvalue weighted by Gasteiger charge is 2.09. The van der Waals surface area contributed by atoms with Crippen LogP contribution < -0.4 is 10.1 Å². The second kappa shape index (κ2) is 48.3. The first-order valence-electron chi connectivity index (χ1n) is 32.1. The average Bonchev–Trinajstić information content (AvgIpc) is 3.49. The van der Waals surface area contributed by atoms with Crippen molar-refractivity contribution in [2.24, 2.45) is 35.5 Å². The second-order valence-corrected chi connectivity index (χ2v) is 26.7. The average molecular weight is 1160 g/mol. The van der Waals surface area contributed by atoms with Crippen LogP contribution in [0.1, 0.15) is 185 Å². The normalized spacial score (nSPS) is 12.6. The molecule has 0 radical (unpaired) electrons. The molecule has 0 saturated heterocycles. The summed E-state index contributed by atoms with van der Waals surface area (Å²) in [5.74, 6) is 7.38. The molecule has 84 heavy (non-hydrogen) atoms. The van der Waals surface area contributed by atoms with E-state index < -0.39 is 0 Å². The summed E-state index contributed by atoms with van der Waals surface area (Å²) >= 11 is 1.99. The minimum absolute atomic E-state index is 0.833. The van der Waals surface area contributed by atoms with Crippen LogP contribution in [0.3, 0.4) is 0 Å². The molecular formula is C79H117N3OS. The smallest absolute Gasteiger partial charge is 0.122 e. The van der Waals surface area contributed by atoms with E-state index in [1.165, 1.54) is 96.0 Å². The molecule has 0 spiro atoms. The molecular weight excluding hydrogens is 1040 g/mol. The quantitative estimate of drug-likeness (QED) is 0.164. The highest BCUT2D eigenvalue weighted by Crippen LogP contribution is 2.29. The van der Waals surface area contributed by atoms with Crippen LogP contribution in [0.15, 0.2) is 187 Å². The Labute approximate surface area is 520 Å². The fraction of sp³-hybridized carbons (Fsp3) is 0.468. The topological polar surface area (TPSA) is 47.0 Å². The van der Waals surface area contributed by atoms with Crippen LogP contribution in [0.5, 0.6) is 5.75 Å². The monoisotopic (exact) mass is 1160 g/mol. The maximum Gasteiger partial charge on any atom is 0.122 e. The number of aryl methyl sites for hydroxylation is 5. The minimum Gasteiger partial charge on any atom is -0.493 e. The standard InChI is InChI=1S/C10H12.C9H11N.2C9H7N.C9H10O.C9H10S.6C4H10/c1-2-6-10-8-4-3-7-9(10)5-1;5*1-2-6-9-8(4-1)5-3-7-10-9;6*1-4(2)3/h1-2,5-6H,3-4,7-8H2;1-2,4,6,10H,3,5,7H2;2*1-7H;2*1-2,4,6H,3,5,7H2;6*4H,1-3H3. The van der Waals surface area contributed by atoms with Crippen molar-refractivity contribution in [3.8, 4) is 5.75 Å². The number of aromatic nitrogens is 2. The Kier molecular flexibility index (Phi) is 43.8. The van der Waals surface area contributed by atoms with Crippen LogP contribution in [0.4, 0.5) is 5.69 Å². The first kappa shape index (κ1) is 76.1. The number of pyridine rings is 2. The van der Waals surface area contributed by atoms with Crippen LogP contribution >= 0.6 is 11.8 Å². The SMILES string of the molecule is CC(C)C.CC(C)C.CC(C)C.CC(C)C.CC(C)C.CC(C)C.c1ccc2c(c1)CCCC2.c1ccc2c(c1)CCCN2.c1ccc2c(c1)CCCO2.c1ccc2c(c1)CCCS2.c1ccc2ncccc2c1.c1ccc2ncccc2c1. The van der Waals surface area contributed by atoms with Crippen molar-refractivity contribution in [3.05, 3.63) is 210 Å². The van der Waals surface area contributed by atoms with Gasteiger partial charge in [-0.05, 0) is 176 Å². The number of nitrogens with one attached hydrogen (secondary N) is 1. The van der Waals surface area contributed by atoms with Crippen molar-refractivity contribution in [1.82, 2.24) is 9.97 Å². The van der Waals surface area contributed by atoms with Gasteiger partial charge in [-0.1, -0.05) is 252 Å². The Morgan fingerprint density at radius 2 is 0.702 bits per heavy atom. The van der Waals surface area contributed by atoms with Gasteiger partial charge in [0, 0.05) is 40.3 Å². The summed E-state index contributed by atoms with van der Waals surface area (Å²) in [5.41, 5.74) is 11.0. The van der Waals surface area contributed by atoms with Crippen molar-refractivity contribution >= 4 is 39.3 Å². The van der Waals surface area contributed by atoms with Crippen LogP contribution in [0.2, 0.25) is 0 Å². The Morgan fingerprint density at radius 1 is 0.345 bits per heavy atom. The summed E-state index contributed by atoms with van der Waals surface area (Å²) in [5, 5.41) is 5.76. The molecule has 1 N–H and O–H groups in total. The molecule has 0 fully saturated rings. The zero-order valence-corrected chi connectivity index (χ0v) is 57.0. The Bertz CT molecular complexity index is 2240. The third kappa shape index (κ3) is 41.2. The lowest BCUT2D eigenvalue weighted by molar-refractivity contribution is 0.288. The molecule has 5 heteroatoms. The molecule has 1 aliphatic carbocycles. The first-order valence-corrected chi connectivity index (χ1v) is 33.1. The van der Waals surface area contributed by atoms with Crippen molar-refractivity contribution in [2.45, 2.75) is 194 Å². The van der Waals surface area contributed by atoms with Gasteiger partial charge in [0.1, 0.15) is 5.75 Å². The van der Waals surface area contributed by atoms with E-state index >= 15 is 0 Å². The van der Waals surface area contributed by atoms with Crippen molar-refractivity contribution in [3.63, 3.8) is 0 Å². The van der Waals surface area contributed by atoms with Gasteiger partial charge in [-0.15, -0.1) is 11.8 Å². The number of thioether (sulfide) groups is 1. The minimum atomic E-state index is 0.833. The van der Waals surface area contributed by atoms with Crippen LogP contribution in [-0.2, 0) is 32.1 Å². The zero-order valence-electron chi connectivity index (χ0n) is 56.2. The number of anilines is 1. The van der Waals surface area contributed by atoms with Gasteiger partial charge in [0.2, 0.25) is 0 Å². The molecule has 0 unspecified atom stereocenters. The fourth-order valence-corrected chi connectivity index (χ4v) is 8.75. The van der Waals surface area contributed by atoms with Gasteiger partial charge in [-0.3, -0.25) is 9.97 Å². The fourth-order valence-electron chi connectivity index (χ4n) is 7.71. The maximum absolute atomic E-state index is 5.42. The number of nitrogens with zero attached hydrogens (tertiary/aromatic N) is 2. The Morgan fingerprint density at radius 3 is 1.15 bits per heavy atom. The van der Waals surface area contributed by atoms with Gasteiger partial charge in [0.25, 0.3) is 0 Å². The Balaban J connectivity index is 0.000000469.